The van der Waals surface area contributed by atoms with Gasteiger partial charge in [-0.3, -0.25) is 0 Å². The number of aromatic nitrogens is 2. The fourth-order valence-corrected chi connectivity index (χ4v) is 4.31. The highest BCUT2D eigenvalue weighted by Crippen LogP contribution is 2.34. The van der Waals surface area contributed by atoms with Gasteiger partial charge in [0.25, 0.3) is 0 Å². The fraction of sp³-hybridized carbons (Fsp3) is 0.316. The highest BCUT2D eigenvalue weighted by molar-refractivity contribution is 7.17. The number of nitriles is 1. The number of hydrogen-bond acceptors (Lipinski definition) is 5. The zero-order valence-corrected chi connectivity index (χ0v) is 17.1. The maximum Gasteiger partial charge on any atom is 0.165 e. The maximum absolute atomic E-state index is 14.4. The lowest BCUT2D eigenvalue weighted by atomic mass is 10.0. The summed E-state index contributed by atoms with van der Waals surface area (Å²) in [6, 6.07) is 6.16. The molecule has 0 N–H and O–H groups in total. The molecule has 146 valence electrons. The van der Waals surface area contributed by atoms with Crippen LogP contribution < -0.4 is 4.90 Å². The average Bonchev–Trinajstić information content (AvgIpc) is 3.00. The molecule has 2 aromatic heterocycles. The molecule has 1 aliphatic heterocycles. The molecule has 0 aliphatic carbocycles. The van der Waals surface area contributed by atoms with E-state index in [0.29, 0.717) is 17.9 Å². The van der Waals surface area contributed by atoms with Crippen LogP contribution >= 0.6 is 35.3 Å². The van der Waals surface area contributed by atoms with Gasteiger partial charge in [0.1, 0.15) is 11.6 Å². The molecule has 1 aliphatic rings. The van der Waals surface area contributed by atoms with Gasteiger partial charge in [-0.25, -0.2) is 18.7 Å². The molecular formula is C19H16Cl2F2N4S. The Morgan fingerprint density at radius 2 is 2.00 bits per heavy atom. The summed E-state index contributed by atoms with van der Waals surface area (Å²) in [6.07, 6.45) is 2.50. The Kier molecular flexibility index (Phi) is 6.33. The van der Waals surface area contributed by atoms with Crippen LogP contribution in [0.4, 0.5) is 14.6 Å². The first-order valence-electron chi connectivity index (χ1n) is 8.61. The number of halogens is 4. The molecule has 1 aromatic carbocycles. The summed E-state index contributed by atoms with van der Waals surface area (Å²) in [7, 11) is 0. The van der Waals surface area contributed by atoms with E-state index >= 15 is 0 Å². The van der Waals surface area contributed by atoms with Crippen molar-refractivity contribution in [2.75, 3.05) is 18.0 Å². The molecule has 4 rings (SSSR count). The lowest BCUT2D eigenvalue weighted by Crippen LogP contribution is -2.25. The molecule has 0 radical (unpaired) electrons. The predicted octanol–water partition coefficient (Wildman–Crippen LogP) is 5.84. The molecule has 0 spiro atoms. The second kappa shape index (κ2) is 8.56. The second-order valence-corrected chi connectivity index (χ2v) is 7.82. The van der Waals surface area contributed by atoms with E-state index in [1.807, 2.05) is 11.4 Å². The molecule has 0 amide bonds. The van der Waals surface area contributed by atoms with Gasteiger partial charge in [-0.1, -0.05) is 11.6 Å². The van der Waals surface area contributed by atoms with Crippen molar-refractivity contribution in [2.24, 2.45) is 5.92 Å². The standard InChI is InChI=1S/C19H15ClF2N4S.ClH/c20-13-9-14(21)12(8-15(13)22)18-24-16-4-7-27-17(16)19(25-18)26-5-1-2-11(10-23)3-6-26;/h4,7-9,11H,1-3,5-6H2;1H. The van der Waals surface area contributed by atoms with Crippen molar-refractivity contribution in [1.82, 2.24) is 9.97 Å². The molecule has 28 heavy (non-hydrogen) atoms. The number of anilines is 1. The highest BCUT2D eigenvalue weighted by atomic mass is 35.5. The molecule has 1 fully saturated rings. The van der Waals surface area contributed by atoms with Gasteiger partial charge in [-0.2, -0.15) is 5.26 Å². The number of nitrogens with zero attached hydrogens (tertiary/aromatic N) is 4. The van der Waals surface area contributed by atoms with Gasteiger partial charge in [-0.05, 0) is 42.8 Å². The van der Waals surface area contributed by atoms with E-state index in [0.717, 1.165) is 42.6 Å². The first-order valence-corrected chi connectivity index (χ1v) is 9.87. The quantitative estimate of drug-likeness (QED) is 0.469. The number of rotatable bonds is 2. The van der Waals surface area contributed by atoms with E-state index in [9.17, 15) is 14.0 Å². The lowest BCUT2D eigenvalue weighted by Gasteiger charge is -2.22. The van der Waals surface area contributed by atoms with Crippen molar-refractivity contribution < 1.29 is 8.78 Å². The Morgan fingerprint density at radius 3 is 2.79 bits per heavy atom. The lowest BCUT2D eigenvalue weighted by molar-refractivity contribution is 0.590. The zero-order valence-electron chi connectivity index (χ0n) is 14.7. The zero-order chi connectivity index (χ0) is 19.0. The van der Waals surface area contributed by atoms with Gasteiger partial charge in [0.2, 0.25) is 0 Å². The van der Waals surface area contributed by atoms with Crippen LogP contribution in [0.3, 0.4) is 0 Å². The van der Waals surface area contributed by atoms with Gasteiger partial charge < -0.3 is 4.90 Å². The Bertz CT molecular complexity index is 1050. The van der Waals surface area contributed by atoms with E-state index in [4.69, 9.17) is 11.6 Å². The Hall–Kier alpha value is -2.01. The van der Waals surface area contributed by atoms with Crippen LogP contribution in [0.15, 0.2) is 23.6 Å². The molecule has 1 unspecified atom stereocenters. The molecule has 0 bridgehead atoms. The fourth-order valence-electron chi connectivity index (χ4n) is 3.31. The van der Waals surface area contributed by atoms with Crippen LogP contribution in [0.25, 0.3) is 21.6 Å². The summed E-state index contributed by atoms with van der Waals surface area (Å²) in [6.45, 7) is 1.46. The minimum atomic E-state index is -0.713. The Labute approximate surface area is 176 Å². The topological polar surface area (TPSA) is 52.8 Å². The predicted molar refractivity (Wildman–Crippen MR) is 110 cm³/mol. The highest BCUT2D eigenvalue weighted by Gasteiger charge is 2.22. The minimum Gasteiger partial charge on any atom is -0.355 e. The Balaban J connectivity index is 0.00000225. The van der Waals surface area contributed by atoms with Crippen LogP contribution in [0.5, 0.6) is 0 Å². The number of benzene rings is 1. The van der Waals surface area contributed by atoms with Crippen LogP contribution in [0.2, 0.25) is 5.02 Å². The first-order chi connectivity index (χ1) is 13.1. The van der Waals surface area contributed by atoms with Crippen LogP contribution in [-0.2, 0) is 0 Å². The third-order valence-corrected chi connectivity index (χ3v) is 5.94. The number of thiophene rings is 1. The van der Waals surface area contributed by atoms with Crippen molar-refractivity contribution in [3.8, 4) is 17.5 Å². The van der Waals surface area contributed by atoms with Crippen LogP contribution in [0.1, 0.15) is 19.3 Å². The maximum atomic E-state index is 14.4. The van der Waals surface area contributed by atoms with E-state index in [2.05, 4.69) is 20.9 Å². The van der Waals surface area contributed by atoms with Gasteiger partial charge in [0.15, 0.2) is 11.6 Å². The van der Waals surface area contributed by atoms with E-state index in [1.54, 1.807) is 0 Å². The molecular weight excluding hydrogens is 425 g/mol. The summed E-state index contributed by atoms with van der Waals surface area (Å²) in [5.74, 6) is -0.501. The summed E-state index contributed by atoms with van der Waals surface area (Å²) in [5.41, 5.74) is 0.673. The van der Waals surface area contributed by atoms with E-state index < -0.39 is 11.6 Å². The molecule has 3 heterocycles. The van der Waals surface area contributed by atoms with Crippen LogP contribution in [0, 0.1) is 28.9 Å². The summed E-state index contributed by atoms with van der Waals surface area (Å²) >= 11 is 7.17. The summed E-state index contributed by atoms with van der Waals surface area (Å²) < 4.78 is 29.2. The van der Waals surface area contributed by atoms with Crippen molar-refractivity contribution in [1.29, 1.82) is 5.26 Å². The summed E-state index contributed by atoms with van der Waals surface area (Å²) in [4.78, 5) is 11.1. The van der Waals surface area contributed by atoms with Gasteiger partial charge in [0.05, 0.1) is 26.9 Å². The van der Waals surface area contributed by atoms with E-state index in [1.165, 1.54) is 11.3 Å². The molecule has 0 saturated carbocycles. The SMILES string of the molecule is Cl.N#CC1CCCN(c2nc(-c3cc(F)c(Cl)cc3F)nc3ccsc23)CC1. The molecule has 3 aromatic rings. The average molecular weight is 441 g/mol. The third kappa shape index (κ3) is 3.90. The van der Waals surface area contributed by atoms with Gasteiger partial charge >= 0.3 is 0 Å². The molecule has 9 heteroatoms. The van der Waals surface area contributed by atoms with Crippen molar-refractivity contribution in [3.05, 3.63) is 40.2 Å². The monoisotopic (exact) mass is 440 g/mol. The smallest absolute Gasteiger partial charge is 0.165 e. The largest absolute Gasteiger partial charge is 0.355 e. The van der Waals surface area contributed by atoms with Crippen molar-refractivity contribution in [2.45, 2.75) is 19.3 Å². The summed E-state index contributed by atoms with van der Waals surface area (Å²) in [5, 5.41) is 10.8. The van der Waals surface area contributed by atoms with Crippen LogP contribution in [-0.4, -0.2) is 23.1 Å². The van der Waals surface area contributed by atoms with Crippen molar-refractivity contribution in [3.63, 3.8) is 0 Å². The number of hydrogen-bond donors (Lipinski definition) is 0. The normalized spacial score (nSPS) is 17.1. The van der Waals surface area contributed by atoms with Gasteiger partial charge in [-0.15, -0.1) is 23.7 Å². The number of fused-ring (bicyclic) bond motifs is 1. The Morgan fingerprint density at radius 1 is 1.18 bits per heavy atom. The first kappa shape index (κ1) is 20.7. The third-order valence-electron chi connectivity index (χ3n) is 4.75. The molecule has 1 atom stereocenters. The minimum absolute atomic E-state index is 0. The molecule has 1 saturated heterocycles. The van der Waals surface area contributed by atoms with E-state index in [-0.39, 0.29) is 34.7 Å². The second-order valence-electron chi connectivity index (χ2n) is 6.50. The van der Waals surface area contributed by atoms with Gasteiger partial charge in [0, 0.05) is 19.0 Å². The molecule has 4 nitrogen and oxygen atoms in total. The van der Waals surface area contributed by atoms with Crippen molar-refractivity contribution >= 4 is 51.4 Å².